The third kappa shape index (κ3) is 5.29. The Bertz CT molecular complexity index is 696. The summed E-state index contributed by atoms with van der Waals surface area (Å²) in [6.07, 6.45) is 0.485. The van der Waals surface area contributed by atoms with Gasteiger partial charge in [0.2, 0.25) is 10.0 Å². The third-order valence-electron chi connectivity index (χ3n) is 3.68. The van der Waals surface area contributed by atoms with Gasteiger partial charge in [-0.3, -0.25) is 10.1 Å². The lowest BCUT2D eigenvalue weighted by Gasteiger charge is -2.21. The van der Waals surface area contributed by atoms with Gasteiger partial charge < -0.3 is 5.73 Å². The van der Waals surface area contributed by atoms with E-state index in [0.29, 0.717) is 12.0 Å². The predicted octanol–water partition coefficient (Wildman–Crippen LogP) is 2.97. The summed E-state index contributed by atoms with van der Waals surface area (Å²) in [7, 11) is -2.52. The highest BCUT2D eigenvalue weighted by Gasteiger charge is 2.29. The first-order chi connectivity index (χ1) is 10.5. The van der Waals surface area contributed by atoms with Crippen molar-refractivity contribution in [1.82, 2.24) is 4.31 Å². The normalized spacial score (nSPS) is 13.0. The molecule has 10 heteroatoms. The monoisotopic (exact) mass is 399 g/mol. The van der Waals surface area contributed by atoms with Crippen LogP contribution < -0.4 is 5.73 Å². The second-order valence-electron chi connectivity index (χ2n) is 5.88. The van der Waals surface area contributed by atoms with Gasteiger partial charge in [-0.05, 0) is 30.9 Å². The van der Waals surface area contributed by atoms with Gasteiger partial charge >= 0.3 is 0 Å². The van der Waals surface area contributed by atoms with Crippen LogP contribution >= 0.6 is 24.0 Å². The van der Waals surface area contributed by atoms with Gasteiger partial charge in [-0.2, -0.15) is 0 Å². The highest BCUT2D eigenvalue weighted by Crippen LogP contribution is 2.33. The fourth-order valence-corrected chi connectivity index (χ4v) is 3.81. The second-order valence-corrected chi connectivity index (χ2v) is 8.27. The first-order valence-electron chi connectivity index (χ1n) is 7.15. The van der Waals surface area contributed by atoms with Crippen LogP contribution in [-0.2, 0) is 10.0 Å². The molecule has 0 amide bonds. The van der Waals surface area contributed by atoms with E-state index < -0.39 is 20.6 Å². The maximum atomic E-state index is 12.6. The van der Waals surface area contributed by atoms with E-state index in [1.165, 1.54) is 19.2 Å². The first kappa shape index (κ1) is 23.1. The third-order valence-corrected chi connectivity index (χ3v) is 6.07. The Morgan fingerprint density at radius 3 is 2.38 bits per heavy atom. The van der Waals surface area contributed by atoms with Crippen LogP contribution in [0.3, 0.4) is 0 Å². The molecule has 0 fully saturated rings. The molecule has 0 aliphatic heterocycles. The lowest BCUT2D eigenvalue weighted by atomic mass is 10.0. The minimum absolute atomic E-state index is 0. The van der Waals surface area contributed by atoms with Gasteiger partial charge in [0.05, 0.1) is 4.92 Å². The molecule has 138 valence electrons. The van der Waals surface area contributed by atoms with Gasteiger partial charge in [-0.25, -0.2) is 12.7 Å². The molecule has 0 aliphatic carbocycles. The molecule has 1 unspecified atom stereocenters. The number of nitro groups is 1. The van der Waals surface area contributed by atoms with Gasteiger partial charge in [-0.15, -0.1) is 12.4 Å². The van der Waals surface area contributed by atoms with Crippen molar-refractivity contribution in [2.75, 3.05) is 13.6 Å². The Kier molecular flexibility index (Phi) is 8.61. The minimum atomic E-state index is -3.93. The zero-order valence-electron chi connectivity index (χ0n) is 14.0. The van der Waals surface area contributed by atoms with Crippen molar-refractivity contribution in [2.24, 2.45) is 11.7 Å². The molecule has 0 radical (unpaired) electrons. The molecule has 0 heterocycles. The summed E-state index contributed by atoms with van der Waals surface area (Å²) in [6.45, 7) is 5.71. The highest BCUT2D eigenvalue weighted by molar-refractivity contribution is 7.89. The van der Waals surface area contributed by atoms with Gasteiger partial charge in [0.1, 0.15) is 9.92 Å². The number of aryl methyl sites for hydroxylation is 1. The molecule has 0 saturated heterocycles. The van der Waals surface area contributed by atoms with Crippen LogP contribution in [0, 0.1) is 23.0 Å². The molecule has 0 saturated carbocycles. The number of nitrogens with two attached hydrogens (primary N) is 1. The Labute approximate surface area is 153 Å². The SMILES string of the molecule is Cc1cc([N+](=O)[O-])c(Cl)c(S(=O)(=O)N(C)CCC(N)C(C)C)c1.Cl. The lowest BCUT2D eigenvalue weighted by molar-refractivity contribution is -0.385. The Morgan fingerprint density at radius 1 is 1.38 bits per heavy atom. The summed E-state index contributed by atoms with van der Waals surface area (Å²) in [4.78, 5) is 10.1. The van der Waals surface area contributed by atoms with Crippen LogP contribution in [0.1, 0.15) is 25.8 Å². The number of benzene rings is 1. The summed E-state index contributed by atoms with van der Waals surface area (Å²) >= 11 is 5.95. The van der Waals surface area contributed by atoms with E-state index in [1.807, 2.05) is 13.8 Å². The zero-order chi connectivity index (χ0) is 17.9. The number of hydrogen-bond donors (Lipinski definition) is 1. The average Bonchev–Trinajstić information content (AvgIpc) is 2.45. The van der Waals surface area contributed by atoms with Crippen molar-refractivity contribution >= 4 is 39.7 Å². The van der Waals surface area contributed by atoms with Crippen LogP contribution in [0.15, 0.2) is 17.0 Å². The average molecular weight is 400 g/mol. The summed E-state index contributed by atoms with van der Waals surface area (Å²) in [5, 5.41) is 10.6. The van der Waals surface area contributed by atoms with Crippen molar-refractivity contribution in [3.05, 3.63) is 32.8 Å². The maximum Gasteiger partial charge on any atom is 0.289 e. The fraction of sp³-hybridized carbons (Fsp3) is 0.571. The molecule has 1 rings (SSSR count). The van der Waals surface area contributed by atoms with Gasteiger partial charge in [0.25, 0.3) is 5.69 Å². The Balaban J connectivity index is 0.00000529. The van der Waals surface area contributed by atoms with Crippen molar-refractivity contribution in [3.8, 4) is 0 Å². The predicted molar refractivity (Wildman–Crippen MR) is 97.3 cm³/mol. The molecule has 0 aliphatic rings. The minimum Gasteiger partial charge on any atom is -0.327 e. The lowest BCUT2D eigenvalue weighted by Crippen LogP contribution is -2.34. The summed E-state index contributed by atoms with van der Waals surface area (Å²) < 4.78 is 26.4. The maximum absolute atomic E-state index is 12.6. The summed E-state index contributed by atoms with van der Waals surface area (Å²) in [5.41, 5.74) is 5.96. The number of nitro benzene ring substituents is 1. The van der Waals surface area contributed by atoms with Crippen LogP contribution in [-0.4, -0.2) is 37.3 Å². The number of sulfonamides is 1. The smallest absolute Gasteiger partial charge is 0.289 e. The van der Waals surface area contributed by atoms with Crippen LogP contribution in [0.4, 0.5) is 5.69 Å². The van der Waals surface area contributed by atoms with Crippen molar-refractivity contribution < 1.29 is 13.3 Å². The van der Waals surface area contributed by atoms with Gasteiger partial charge in [-0.1, -0.05) is 25.4 Å². The van der Waals surface area contributed by atoms with E-state index >= 15 is 0 Å². The summed E-state index contributed by atoms with van der Waals surface area (Å²) in [5.74, 6) is 0.231. The van der Waals surface area contributed by atoms with Crippen LogP contribution in [0.5, 0.6) is 0 Å². The van der Waals surface area contributed by atoms with E-state index in [-0.39, 0.29) is 40.8 Å². The number of nitrogens with zero attached hydrogens (tertiary/aromatic N) is 2. The summed E-state index contributed by atoms with van der Waals surface area (Å²) in [6, 6.07) is 2.45. The number of rotatable bonds is 7. The van der Waals surface area contributed by atoms with Gasteiger partial charge in [0.15, 0.2) is 0 Å². The molecule has 7 nitrogen and oxygen atoms in total. The topological polar surface area (TPSA) is 107 Å². The standard InChI is InChI=1S/C14H22ClN3O4S.ClH/c1-9(2)11(16)5-6-17(4)23(21,22)13-8-10(3)7-12(14(13)15)18(19)20;/h7-9,11H,5-6,16H2,1-4H3;1H. The molecule has 0 aromatic heterocycles. The molecular formula is C14H23Cl2N3O4S. The fourth-order valence-electron chi connectivity index (χ4n) is 1.99. The van der Waals surface area contributed by atoms with E-state index in [0.717, 1.165) is 4.31 Å². The number of halogens is 2. The molecule has 1 atom stereocenters. The van der Waals surface area contributed by atoms with E-state index in [4.69, 9.17) is 17.3 Å². The molecule has 2 N–H and O–H groups in total. The van der Waals surface area contributed by atoms with Crippen LogP contribution in [0.25, 0.3) is 0 Å². The van der Waals surface area contributed by atoms with Crippen LogP contribution in [0.2, 0.25) is 5.02 Å². The van der Waals surface area contributed by atoms with E-state index in [1.54, 1.807) is 6.92 Å². The molecule has 1 aromatic carbocycles. The Hall–Kier alpha value is -0.930. The largest absolute Gasteiger partial charge is 0.327 e. The molecule has 1 aromatic rings. The second kappa shape index (κ2) is 8.96. The van der Waals surface area contributed by atoms with Crippen molar-refractivity contribution in [3.63, 3.8) is 0 Å². The molecular weight excluding hydrogens is 377 g/mol. The number of hydrogen-bond acceptors (Lipinski definition) is 5. The van der Waals surface area contributed by atoms with Crippen molar-refractivity contribution in [1.29, 1.82) is 0 Å². The zero-order valence-corrected chi connectivity index (χ0v) is 16.4. The highest BCUT2D eigenvalue weighted by atomic mass is 35.5. The van der Waals surface area contributed by atoms with E-state index in [2.05, 4.69) is 0 Å². The Morgan fingerprint density at radius 2 is 1.92 bits per heavy atom. The van der Waals surface area contributed by atoms with E-state index in [9.17, 15) is 18.5 Å². The van der Waals surface area contributed by atoms with Crippen molar-refractivity contribution in [2.45, 2.75) is 38.1 Å². The molecule has 24 heavy (non-hydrogen) atoms. The molecule has 0 bridgehead atoms. The first-order valence-corrected chi connectivity index (χ1v) is 8.96. The molecule has 0 spiro atoms. The quantitative estimate of drug-likeness (QED) is 0.559. The van der Waals surface area contributed by atoms with Gasteiger partial charge in [0, 0.05) is 25.7 Å².